The molecule has 2 aromatic heterocycles. The smallest absolute Gasteiger partial charge is 0.292 e. The molecule has 1 aliphatic rings. The third-order valence-electron chi connectivity index (χ3n) is 9.33. The van der Waals surface area contributed by atoms with E-state index in [0.29, 0.717) is 75.7 Å². The molecule has 0 aliphatic carbocycles. The highest BCUT2D eigenvalue weighted by Gasteiger charge is 2.27. The number of aryl methyl sites for hydroxylation is 2. The number of carbonyl (C=O) groups is 4. The van der Waals surface area contributed by atoms with Gasteiger partial charge in [-0.1, -0.05) is 17.7 Å². The van der Waals surface area contributed by atoms with Crippen molar-refractivity contribution in [2.45, 2.75) is 38.8 Å². The summed E-state index contributed by atoms with van der Waals surface area (Å²) in [6, 6.07) is 7.43. The van der Waals surface area contributed by atoms with Crippen LogP contribution in [0.25, 0.3) is 22.4 Å². The molecule has 3 heterocycles. The number of likely N-dealkylation sites (N-methyl/N-ethyl adjacent to an activating group) is 1. The lowest BCUT2D eigenvalue weighted by Gasteiger charge is -2.35. The van der Waals surface area contributed by atoms with Crippen LogP contribution in [0, 0.1) is 18.6 Å². The number of hydrogen-bond acceptors (Lipinski definition) is 9. The highest BCUT2D eigenvalue weighted by Crippen LogP contribution is 2.33. The van der Waals surface area contributed by atoms with Gasteiger partial charge in [-0.25, -0.2) is 13.8 Å². The van der Waals surface area contributed by atoms with E-state index in [1.54, 1.807) is 34.7 Å². The van der Waals surface area contributed by atoms with E-state index >= 15 is 8.78 Å². The molecule has 4 aromatic rings. The van der Waals surface area contributed by atoms with Gasteiger partial charge in [-0.05, 0) is 44.0 Å². The largest absolute Gasteiger partial charge is 0.471 e. The minimum Gasteiger partial charge on any atom is -0.471 e. The van der Waals surface area contributed by atoms with Crippen LogP contribution in [-0.2, 0) is 32.7 Å². The van der Waals surface area contributed by atoms with Crippen molar-refractivity contribution in [3.63, 3.8) is 0 Å². The summed E-state index contributed by atoms with van der Waals surface area (Å²) in [5.41, 5.74) is 1.77. The number of aliphatic hydroxyl groups excluding tert-OH is 1. The Morgan fingerprint density at radius 3 is 2.32 bits per heavy atom. The Kier molecular flexibility index (Phi) is 16.2. The first-order chi connectivity index (χ1) is 27.2. The van der Waals surface area contributed by atoms with Crippen LogP contribution < -0.4 is 10.2 Å². The predicted octanol–water partition coefficient (Wildman–Crippen LogP) is 2.84. The molecule has 1 fully saturated rings. The van der Waals surface area contributed by atoms with Gasteiger partial charge >= 0.3 is 0 Å². The zero-order valence-corrected chi connectivity index (χ0v) is 33.7. The first-order valence-corrected chi connectivity index (χ1v) is 18.7. The van der Waals surface area contributed by atoms with E-state index in [4.69, 9.17) is 21.1 Å². The van der Waals surface area contributed by atoms with Crippen molar-refractivity contribution in [1.82, 2.24) is 29.1 Å². The molecule has 0 bridgehead atoms. The van der Waals surface area contributed by atoms with Crippen molar-refractivity contribution in [1.29, 1.82) is 0 Å². The molecule has 1 unspecified atom stereocenters. The quantitative estimate of drug-likeness (QED) is 0.121. The number of ether oxygens (including phenoxy) is 2. The molecule has 0 saturated carbocycles. The molecule has 15 nitrogen and oxygen atoms in total. The standard InChI is InChI=1S/C37H45ClF2N8O5.C2H4O2/c1-23-29(22-48(43-23)13-6-18-53-5)26-10-11-28(34(40)33(26)39)31-20-41-35(45(31)4)36(51)42-24-7-9-27(30(38)19-24)37(52)47-16-14-46(15-17-47)32(50)12-8-25(49)21-44(2)3;1-4-2-3/h7,9-11,19-20,22,25,49H,6,8,12-18,21H2,1-5H3,(H,42,51);2H,1H3/p+1. The Balaban J connectivity index is 0.00000172. The summed E-state index contributed by atoms with van der Waals surface area (Å²) in [5, 5.41) is 17.3. The minimum absolute atomic E-state index is 0.0535. The maximum Gasteiger partial charge on any atom is 0.292 e. The van der Waals surface area contributed by atoms with E-state index in [2.05, 4.69) is 20.1 Å². The average molecular weight is 816 g/mol. The number of nitrogens with zero attached hydrogens (tertiary/aromatic N) is 6. The van der Waals surface area contributed by atoms with Gasteiger partial charge in [0.15, 0.2) is 17.5 Å². The number of aromatic nitrogens is 4. The Hall–Kier alpha value is -5.23. The summed E-state index contributed by atoms with van der Waals surface area (Å²) in [7, 11) is 8.33. The van der Waals surface area contributed by atoms with Gasteiger partial charge < -0.3 is 39.2 Å². The van der Waals surface area contributed by atoms with Crippen LogP contribution in [0.5, 0.6) is 0 Å². The lowest BCUT2D eigenvalue weighted by Crippen LogP contribution is -3.07. The molecule has 57 heavy (non-hydrogen) atoms. The lowest BCUT2D eigenvalue weighted by atomic mass is 10.0. The summed E-state index contributed by atoms with van der Waals surface area (Å²) in [6.45, 7) is 5.20. The number of quaternary nitrogens is 1. The lowest BCUT2D eigenvalue weighted by molar-refractivity contribution is -0.861. The first kappa shape index (κ1) is 44.5. The fraction of sp³-hybridized carbons (Fsp3) is 0.436. The van der Waals surface area contributed by atoms with Gasteiger partial charge in [0.05, 0.1) is 49.4 Å². The Bertz CT molecular complexity index is 2030. The molecular formula is C39H50ClF2N8O7+. The molecule has 2 aromatic carbocycles. The first-order valence-electron chi connectivity index (χ1n) is 18.4. The minimum atomic E-state index is -1.08. The van der Waals surface area contributed by atoms with Crippen LogP contribution in [0.4, 0.5) is 14.5 Å². The third-order valence-corrected chi connectivity index (χ3v) is 9.64. The fourth-order valence-corrected chi connectivity index (χ4v) is 6.66. The van der Waals surface area contributed by atoms with Crippen molar-refractivity contribution in [3.8, 4) is 22.4 Å². The number of anilines is 1. The molecule has 1 saturated heterocycles. The van der Waals surface area contributed by atoms with Gasteiger partial charge in [0.1, 0.15) is 12.6 Å². The van der Waals surface area contributed by atoms with E-state index in [9.17, 15) is 19.5 Å². The summed E-state index contributed by atoms with van der Waals surface area (Å²) >= 11 is 6.51. The van der Waals surface area contributed by atoms with Gasteiger partial charge in [-0.3, -0.25) is 23.9 Å². The molecule has 0 spiro atoms. The Morgan fingerprint density at radius 1 is 1.04 bits per heavy atom. The Labute approximate surface area is 335 Å². The van der Waals surface area contributed by atoms with Crippen LogP contribution in [0.2, 0.25) is 5.02 Å². The number of benzene rings is 2. The second-order valence-corrected chi connectivity index (χ2v) is 14.2. The van der Waals surface area contributed by atoms with E-state index in [0.717, 1.165) is 11.3 Å². The van der Waals surface area contributed by atoms with Gasteiger partial charge in [0, 0.05) is 88.5 Å². The average Bonchev–Trinajstić information content (AvgIpc) is 3.75. The molecule has 3 N–H and O–H groups in total. The number of amides is 3. The maximum absolute atomic E-state index is 15.6. The summed E-state index contributed by atoms with van der Waals surface area (Å²) in [5.74, 6) is -3.17. The Morgan fingerprint density at radius 2 is 1.68 bits per heavy atom. The van der Waals surface area contributed by atoms with Crippen molar-refractivity contribution in [2.24, 2.45) is 7.05 Å². The van der Waals surface area contributed by atoms with Crippen molar-refractivity contribution >= 4 is 41.5 Å². The molecule has 0 radical (unpaired) electrons. The maximum atomic E-state index is 15.6. The highest BCUT2D eigenvalue weighted by molar-refractivity contribution is 6.34. The van der Waals surface area contributed by atoms with Gasteiger partial charge in [-0.2, -0.15) is 5.10 Å². The molecule has 3 amide bonds. The van der Waals surface area contributed by atoms with E-state index in [1.165, 1.54) is 55.3 Å². The normalized spacial score (nSPS) is 13.2. The molecule has 1 aliphatic heterocycles. The molecule has 1 atom stereocenters. The van der Waals surface area contributed by atoms with Crippen LogP contribution in [0.3, 0.4) is 0 Å². The summed E-state index contributed by atoms with van der Waals surface area (Å²) in [4.78, 5) is 56.8. The van der Waals surface area contributed by atoms with E-state index < -0.39 is 23.6 Å². The number of rotatable bonds is 15. The zero-order chi connectivity index (χ0) is 41.8. The number of aliphatic hydroxyl groups is 1. The number of halogens is 3. The molecular weight excluding hydrogens is 766 g/mol. The van der Waals surface area contributed by atoms with Crippen LogP contribution >= 0.6 is 11.6 Å². The molecule has 308 valence electrons. The summed E-state index contributed by atoms with van der Waals surface area (Å²) < 4.78 is 43.0. The van der Waals surface area contributed by atoms with Gasteiger partial charge in [0.2, 0.25) is 5.91 Å². The van der Waals surface area contributed by atoms with Crippen molar-refractivity contribution in [3.05, 3.63) is 76.5 Å². The number of methoxy groups -OCH3 is 2. The summed E-state index contributed by atoms with van der Waals surface area (Å²) in [6.07, 6.45) is 3.78. The fourth-order valence-electron chi connectivity index (χ4n) is 6.40. The second kappa shape index (κ2) is 20.8. The van der Waals surface area contributed by atoms with Crippen LogP contribution in [-0.4, -0.2) is 132 Å². The zero-order valence-electron chi connectivity index (χ0n) is 33.0. The third kappa shape index (κ3) is 11.4. The SMILES string of the molecule is COC=O.COCCCn1cc(-c2ccc(-c3cnc(C(=O)Nc4ccc(C(=O)N5CCN(C(=O)CCC(O)C[NH+](C)C)CC5)c(Cl)c4)n3C)c(F)c2F)c(C)n1. The monoisotopic (exact) mass is 815 g/mol. The van der Waals surface area contributed by atoms with Gasteiger partial charge in [-0.15, -0.1) is 0 Å². The van der Waals surface area contributed by atoms with Crippen molar-refractivity contribution in [2.75, 3.05) is 73.0 Å². The topological polar surface area (TPSA) is 166 Å². The molecule has 5 rings (SSSR count). The number of piperazine rings is 1. The van der Waals surface area contributed by atoms with Crippen LogP contribution in [0.15, 0.2) is 42.7 Å². The van der Waals surface area contributed by atoms with Crippen LogP contribution in [0.1, 0.15) is 45.9 Å². The van der Waals surface area contributed by atoms with E-state index in [1.807, 2.05) is 14.1 Å². The predicted molar refractivity (Wildman–Crippen MR) is 209 cm³/mol. The van der Waals surface area contributed by atoms with Gasteiger partial charge in [0.25, 0.3) is 18.3 Å². The number of hydrogen-bond donors (Lipinski definition) is 3. The number of carbonyl (C=O) groups excluding carboxylic acids is 4. The van der Waals surface area contributed by atoms with E-state index in [-0.39, 0.29) is 51.5 Å². The number of nitrogens with one attached hydrogen (secondary N) is 2. The highest BCUT2D eigenvalue weighted by atomic mass is 35.5. The van der Waals surface area contributed by atoms with Crippen molar-refractivity contribution < 1.29 is 47.4 Å². The molecule has 18 heteroatoms. The second-order valence-electron chi connectivity index (χ2n) is 13.8. The number of imidazole rings is 1.